The van der Waals surface area contributed by atoms with Crippen LogP contribution >= 0.6 is 0 Å². The highest BCUT2D eigenvalue weighted by atomic mass is 16.4. The number of aliphatic carboxylic acids is 1. The van der Waals surface area contributed by atoms with Crippen LogP contribution in [0.25, 0.3) is 0 Å². The van der Waals surface area contributed by atoms with Crippen molar-refractivity contribution in [1.82, 2.24) is 10.2 Å². The number of amides is 1. The number of fused-ring (bicyclic) bond motifs is 1. The number of nitrogens with zero attached hydrogens (tertiary/aromatic N) is 1. The minimum Gasteiger partial charge on any atom is -0.481 e. The van der Waals surface area contributed by atoms with Gasteiger partial charge in [-0.25, -0.2) is 0 Å². The van der Waals surface area contributed by atoms with Gasteiger partial charge in [0, 0.05) is 32.6 Å². The van der Waals surface area contributed by atoms with Gasteiger partial charge in [0.05, 0.1) is 6.42 Å². The van der Waals surface area contributed by atoms with Crippen molar-refractivity contribution in [2.45, 2.75) is 32.2 Å². The summed E-state index contributed by atoms with van der Waals surface area (Å²) in [7, 11) is 0. The standard InChI is InChI=1S/C16H22N2O3/c19-15(6-7-16(20)21)17-9-3-10-18-11-8-13-4-1-2-5-14(13)12-18/h1-2,4-5H,3,6-12H2,(H,17,19)(H,20,21). The van der Waals surface area contributed by atoms with E-state index in [-0.39, 0.29) is 18.7 Å². The van der Waals surface area contributed by atoms with Crippen molar-refractivity contribution >= 4 is 11.9 Å². The topological polar surface area (TPSA) is 69.6 Å². The van der Waals surface area contributed by atoms with Crippen LogP contribution in [-0.2, 0) is 22.6 Å². The van der Waals surface area contributed by atoms with Crippen LogP contribution in [0.3, 0.4) is 0 Å². The fraction of sp³-hybridized carbons (Fsp3) is 0.500. The van der Waals surface area contributed by atoms with E-state index in [0.717, 1.165) is 32.5 Å². The minimum absolute atomic E-state index is 0.0619. The highest BCUT2D eigenvalue weighted by molar-refractivity contribution is 5.80. The first kappa shape index (κ1) is 15.5. The molecule has 1 aliphatic heterocycles. The molecule has 0 spiro atoms. The van der Waals surface area contributed by atoms with E-state index >= 15 is 0 Å². The Labute approximate surface area is 125 Å². The average Bonchev–Trinajstić information content (AvgIpc) is 2.49. The molecule has 0 bridgehead atoms. The molecule has 1 aromatic rings. The fourth-order valence-electron chi connectivity index (χ4n) is 2.58. The lowest BCUT2D eigenvalue weighted by Gasteiger charge is -2.28. The van der Waals surface area contributed by atoms with E-state index in [1.54, 1.807) is 0 Å². The van der Waals surface area contributed by atoms with Crippen LogP contribution in [-0.4, -0.2) is 41.5 Å². The molecule has 2 N–H and O–H groups in total. The fourth-order valence-corrected chi connectivity index (χ4v) is 2.58. The van der Waals surface area contributed by atoms with Gasteiger partial charge in [-0.1, -0.05) is 24.3 Å². The molecule has 0 atom stereocenters. The second-order valence-corrected chi connectivity index (χ2v) is 5.39. The molecule has 114 valence electrons. The Bertz CT molecular complexity index is 502. The molecular weight excluding hydrogens is 268 g/mol. The number of carbonyl (C=O) groups is 2. The average molecular weight is 290 g/mol. The maximum absolute atomic E-state index is 11.4. The number of benzene rings is 1. The Balaban J connectivity index is 1.62. The van der Waals surface area contributed by atoms with E-state index in [2.05, 4.69) is 34.5 Å². The van der Waals surface area contributed by atoms with Crippen LogP contribution in [0.15, 0.2) is 24.3 Å². The summed E-state index contributed by atoms with van der Waals surface area (Å²) in [5.41, 5.74) is 2.84. The van der Waals surface area contributed by atoms with Crippen molar-refractivity contribution in [3.8, 4) is 0 Å². The zero-order chi connectivity index (χ0) is 15.1. The van der Waals surface area contributed by atoms with Gasteiger partial charge in [-0.3, -0.25) is 14.5 Å². The summed E-state index contributed by atoms with van der Waals surface area (Å²) < 4.78 is 0. The van der Waals surface area contributed by atoms with Crippen molar-refractivity contribution in [3.05, 3.63) is 35.4 Å². The lowest BCUT2D eigenvalue weighted by Crippen LogP contribution is -2.33. The van der Waals surface area contributed by atoms with Crippen LogP contribution in [0.5, 0.6) is 0 Å². The van der Waals surface area contributed by atoms with Gasteiger partial charge in [-0.2, -0.15) is 0 Å². The number of rotatable bonds is 7. The quantitative estimate of drug-likeness (QED) is 0.745. The van der Waals surface area contributed by atoms with Gasteiger partial charge in [-0.05, 0) is 24.0 Å². The summed E-state index contributed by atoms with van der Waals surface area (Å²) >= 11 is 0. The Hall–Kier alpha value is -1.88. The molecule has 1 amide bonds. The van der Waals surface area contributed by atoms with Gasteiger partial charge in [-0.15, -0.1) is 0 Å². The van der Waals surface area contributed by atoms with Crippen molar-refractivity contribution in [2.75, 3.05) is 19.6 Å². The first-order chi connectivity index (χ1) is 10.1. The number of carbonyl (C=O) groups excluding carboxylic acids is 1. The van der Waals surface area contributed by atoms with Crippen LogP contribution in [0.2, 0.25) is 0 Å². The van der Waals surface area contributed by atoms with Gasteiger partial charge in [0.2, 0.25) is 5.91 Å². The molecule has 0 fully saturated rings. The molecule has 1 aromatic carbocycles. The predicted octanol–water partition coefficient (Wildman–Crippen LogP) is 1.42. The molecule has 5 nitrogen and oxygen atoms in total. The normalized spacial score (nSPS) is 14.5. The molecule has 0 aromatic heterocycles. The van der Waals surface area contributed by atoms with Gasteiger partial charge in [0.25, 0.3) is 0 Å². The largest absolute Gasteiger partial charge is 0.481 e. The third-order valence-electron chi connectivity index (χ3n) is 3.75. The van der Waals surface area contributed by atoms with Crippen molar-refractivity contribution in [3.63, 3.8) is 0 Å². The Morgan fingerprint density at radius 3 is 2.71 bits per heavy atom. The SMILES string of the molecule is O=C(O)CCC(=O)NCCCN1CCc2ccccc2C1. The number of nitrogens with one attached hydrogen (secondary N) is 1. The lowest BCUT2D eigenvalue weighted by molar-refractivity contribution is -0.138. The Morgan fingerprint density at radius 2 is 1.95 bits per heavy atom. The molecule has 0 saturated heterocycles. The van der Waals surface area contributed by atoms with E-state index < -0.39 is 5.97 Å². The molecule has 1 heterocycles. The van der Waals surface area contributed by atoms with E-state index in [0.29, 0.717) is 6.54 Å². The molecular formula is C16H22N2O3. The number of hydrogen-bond donors (Lipinski definition) is 2. The van der Waals surface area contributed by atoms with Crippen LogP contribution in [0.4, 0.5) is 0 Å². The van der Waals surface area contributed by atoms with Gasteiger partial charge < -0.3 is 10.4 Å². The van der Waals surface area contributed by atoms with Crippen molar-refractivity contribution < 1.29 is 14.7 Å². The van der Waals surface area contributed by atoms with Crippen molar-refractivity contribution in [1.29, 1.82) is 0 Å². The summed E-state index contributed by atoms with van der Waals surface area (Å²) in [6.45, 7) is 3.59. The van der Waals surface area contributed by atoms with Gasteiger partial charge >= 0.3 is 5.97 Å². The minimum atomic E-state index is -0.933. The van der Waals surface area contributed by atoms with Crippen molar-refractivity contribution in [2.24, 2.45) is 0 Å². The lowest BCUT2D eigenvalue weighted by atomic mass is 10.00. The molecule has 21 heavy (non-hydrogen) atoms. The third-order valence-corrected chi connectivity index (χ3v) is 3.75. The summed E-state index contributed by atoms with van der Waals surface area (Å²) in [5, 5.41) is 11.3. The zero-order valence-corrected chi connectivity index (χ0v) is 12.2. The third kappa shape index (κ3) is 5.19. The van der Waals surface area contributed by atoms with E-state index in [1.165, 1.54) is 11.1 Å². The number of hydrogen-bond acceptors (Lipinski definition) is 3. The second kappa shape index (κ2) is 7.78. The molecule has 5 heteroatoms. The maximum atomic E-state index is 11.4. The van der Waals surface area contributed by atoms with E-state index in [9.17, 15) is 9.59 Å². The predicted molar refractivity (Wildman–Crippen MR) is 79.9 cm³/mol. The first-order valence-electron chi connectivity index (χ1n) is 7.43. The smallest absolute Gasteiger partial charge is 0.303 e. The molecule has 0 unspecified atom stereocenters. The summed E-state index contributed by atoms with van der Waals surface area (Å²) in [5.74, 6) is -1.11. The highest BCUT2D eigenvalue weighted by Crippen LogP contribution is 2.18. The monoisotopic (exact) mass is 290 g/mol. The van der Waals surface area contributed by atoms with Gasteiger partial charge in [0.1, 0.15) is 0 Å². The molecule has 0 radical (unpaired) electrons. The van der Waals surface area contributed by atoms with E-state index in [4.69, 9.17) is 5.11 Å². The number of carboxylic acid groups (broad SMARTS) is 1. The van der Waals surface area contributed by atoms with Crippen LogP contribution < -0.4 is 5.32 Å². The number of carboxylic acids is 1. The van der Waals surface area contributed by atoms with Gasteiger partial charge in [0.15, 0.2) is 0 Å². The highest BCUT2D eigenvalue weighted by Gasteiger charge is 2.14. The second-order valence-electron chi connectivity index (χ2n) is 5.39. The summed E-state index contributed by atoms with van der Waals surface area (Å²) in [6, 6.07) is 8.52. The molecule has 2 rings (SSSR count). The first-order valence-corrected chi connectivity index (χ1v) is 7.43. The molecule has 0 aliphatic carbocycles. The van der Waals surface area contributed by atoms with Crippen LogP contribution in [0, 0.1) is 0 Å². The maximum Gasteiger partial charge on any atom is 0.303 e. The van der Waals surface area contributed by atoms with E-state index in [1.807, 2.05) is 0 Å². The summed E-state index contributed by atoms with van der Waals surface area (Å²) in [4.78, 5) is 24.1. The zero-order valence-electron chi connectivity index (χ0n) is 12.2. The van der Waals surface area contributed by atoms with Crippen LogP contribution in [0.1, 0.15) is 30.4 Å². The Morgan fingerprint density at radius 1 is 1.19 bits per heavy atom. The molecule has 1 aliphatic rings. The molecule has 0 saturated carbocycles. The Kier molecular flexibility index (Phi) is 5.75. The summed E-state index contributed by atoms with van der Waals surface area (Å²) in [6.07, 6.45) is 1.93.